The lowest BCUT2D eigenvalue weighted by atomic mass is 9.90. The number of nitrogens with zero attached hydrogens (tertiary/aromatic N) is 2. The van der Waals surface area contributed by atoms with Crippen LogP contribution in [0.3, 0.4) is 0 Å². The van der Waals surface area contributed by atoms with Crippen LogP contribution in [0.25, 0.3) is 0 Å². The molecule has 0 unspecified atom stereocenters. The van der Waals surface area contributed by atoms with Crippen molar-refractivity contribution < 1.29 is 4.79 Å². The predicted molar refractivity (Wildman–Crippen MR) is 71.7 cm³/mol. The number of pyridine rings is 1. The van der Waals surface area contributed by atoms with Gasteiger partial charge in [0, 0.05) is 24.8 Å². The molecule has 0 aliphatic carbocycles. The lowest BCUT2D eigenvalue weighted by molar-refractivity contribution is 0.1000. The standard InChI is InChI=1S/C13H20N4O/c1-13(15-2)5-7-17(8-6-13)11-4-3-10(9-16-11)12(14)18/h3-4,9,15H,5-8H2,1-2H3,(H2,14,18). The van der Waals surface area contributed by atoms with E-state index in [4.69, 9.17) is 5.73 Å². The Hall–Kier alpha value is -1.62. The highest BCUT2D eigenvalue weighted by molar-refractivity contribution is 5.92. The van der Waals surface area contributed by atoms with Gasteiger partial charge in [0.2, 0.25) is 5.91 Å². The number of primary amides is 1. The average Bonchev–Trinajstić information content (AvgIpc) is 2.40. The molecule has 18 heavy (non-hydrogen) atoms. The van der Waals surface area contributed by atoms with E-state index in [1.54, 1.807) is 12.3 Å². The van der Waals surface area contributed by atoms with Crippen molar-refractivity contribution in [2.24, 2.45) is 5.73 Å². The molecule has 1 amide bonds. The zero-order chi connectivity index (χ0) is 13.2. The second kappa shape index (κ2) is 4.94. The number of amides is 1. The molecule has 0 aromatic carbocycles. The van der Waals surface area contributed by atoms with Crippen LogP contribution in [0, 0.1) is 0 Å². The van der Waals surface area contributed by atoms with Crippen LogP contribution in [-0.2, 0) is 0 Å². The largest absolute Gasteiger partial charge is 0.366 e. The van der Waals surface area contributed by atoms with Gasteiger partial charge in [-0.3, -0.25) is 4.79 Å². The van der Waals surface area contributed by atoms with E-state index in [2.05, 4.69) is 22.1 Å². The topological polar surface area (TPSA) is 71.2 Å². The molecular weight excluding hydrogens is 228 g/mol. The normalized spacial score (nSPS) is 18.7. The first-order valence-electron chi connectivity index (χ1n) is 6.24. The number of hydrogen-bond acceptors (Lipinski definition) is 4. The Labute approximate surface area is 107 Å². The summed E-state index contributed by atoms with van der Waals surface area (Å²) in [6.45, 7) is 4.19. The van der Waals surface area contributed by atoms with E-state index in [-0.39, 0.29) is 5.54 Å². The van der Waals surface area contributed by atoms with E-state index in [1.807, 2.05) is 13.1 Å². The lowest BCUT2D eigenvalue weighted by Crippen LogP contribution is -2.50. The van der Waals surface area contributed by atoms with E-state index >= 15 is 0 Å². The maximum absolute atomic E-state index is 11.0. The third-order valence-electron chi connectivity index (χ3n) is 3.83. The molecule has 1 fully saturated rings. The van der Waals surface area contributed by atoms with Gasteiger partial charge in [-0.05, 0) is 38.9 Å². The Balaban J connectivity index is 2.03. The van der Waals surface area contributed by atoms with Crippen LogP contribution >= 0.6 is 0 Å². The average molecular weight is 248 g/mol. The monoisotopic (exact) mass is 248 g/mol. The van der Waals surface area contributed by atoms with Crippen LogP contribution in [0.5, 0.6) is 0 Å². The van der Waals surface area contributed by atoms with Gasteiger partial charge in [-0.15, -0.1) is 0 Å². The van der Waals surface area contributed by atoms with Crippen molar-refractivity contribution in [2.45, 2.75) is 25.3 Å². The Morgan fingerprint density at radius 2 is 2.11 bits per heavy atom. The van der Waals surface area contributed by atoms with Gasteiger partial charge in [-0.1, -0.05) is 0 Å². The number of carbonyl (C=O) groups excluding carboxylic acids is 1. The number of aromatic nitrogens is 1. The smallest absolute Gasteiger partial charge is 0.250 e. The van der Waals surface area contributed by atoms with Crippen LogP contribution < -0.4 is 16.0 Å². The molecule has 98 valence electrons. The minimum atomic E-state index is -0.435. The highest BCUT2D eigenvalue weighted by Crippen LogP contribution is 2.24. The predicted octanol–water partition coefficient (Wildman–Crippen LogP) is 0.759. The number of rotatable bonds is 3. The molecule has 1 aliphatic heterocycles. The fourth-order valence-electron chi connectivity index (χ4n) is 2.20. The quantitative estimate of drug-likeness (QED) is 0.828. The molecule has 2 rings (SSSR count). The second-order valence-electron chi connectivity index (χ2n) is 5.07. The fraction of sp³-hybridized carbons (Fsp3) is 0.538. The fourth-order valence-corrected chi connectivity index (χ4v) is 2.20. The van der Waals surface area contributed by atoms with Crippen LogP contribution in [0.4, 0.5) is 5.82 Å². The molecule has 1 aliphatic rings. The third-order valence-corrected chi connectivity index (χ3v) is 3.83. The van der Waals surface area contributed by atoms with Gasteiger partial charge in [0.25, 0.3) is 0 Å². The highest BCUT2D eigenvalue weighted by atomic mass is 16.1. The Morgan fingerprint density at radius 3 is 2.56 bits per heavy atom. The molecule has 3 N–H and O–H groups in total. The van der Waals surface area contributed by atoms with E-state index in [1.165, 1.54) is 0 Å². The summed E-state index contributed by atoms with van der Waals surface area (Å²) < 4.78 is 0. The van der Waals surface area contributed by atoms with Gasteiger partial charge in [0.05, 0.1) is 5.56 Å². The highest BCUT2D eigenvalue weighted by Gasteiger charge is 2.28. The van der Waals surface area contributed by atoms with Crippen molar-refractivity contribution >= 4 is 11.7 Å². The SMILES string of the molecule is CNC1(C)CCN(c2ccc(C(N)=O)cn2)CC1. The van der Waals surface area contributed by atoms with Crippen molar-refractivity contribution in [2.75, 3.05) is 25.0 Å². The minimum Gasteiger partial charge on any atom is -0.366 e. The zero-order valence-electron chi connectivity index (χ0n) is 10.9. The Kier molecular flexibility index (Phi) is 3.52. The van der Waals surface area contributed by atoms with E-state index in [0.717, 1.165) is 31.7 Å². The zero-order valence-corrected chi connectivity index (χ0v) is 10.9. The first kappa shape index (κ1) is 12.8. The first-order chi connectivity index (χ1) is 8.54. The molecule has 0 atom stereocenters. The molecule has 1 aromatic rings. The molecule has 1 saturated heterocycles. The number of anilines is 1. The van der Waals surface area contributed by atoms with Crippen LogP contribution in [0.2, 0.25) is 0 Å². The molecule has 1 aromatic heterocycles. The Bertz CT molecular complexity index is 421. The summed E-state index contributed by atoms with van der Waals surface area (Å²) in [4.78, 5) is 17.5. The summed E-state index contributed by atoms with van der Waals surface area (Å²) in [7, 11) is 2.01. The number of carbonyl (C=O) groups is 1. The molecule has 5 heteroatoms. The number of piperidine rings is 1. The molecule has 0 spiro atoms. The maximum atomic E-state index is 11.0. The van der Waals surface area contributed by atoms with Gasteiger partial charge >= 0.3 is 0 Å². The lowest BCUT2D eigenvalue weighted by Gasteiger charge is -2.39. The van der Waals surface area contributed by atoms with E-state index in [0.29, 0.717) is 5.56 Å². The van der Waals surface area contributed by atoms with Crippen LogP contribution in [0.15, 0.2) is 18.3 Å². The van der Waals surface area contributed by atoms with Crippen molar-refractivity contribution in [3.05, 3.63) is 23.9 Å². The van der Waals surface area contributed by atoms with Gasteiger partial charge < -0.3 is 16.0 Å². The van der Waals surface area contributed by atoms with Crippen LogP contribution in [0.1, 0.15) is 30.1 Å². The number of hydrogen-bond donors (Lipinski definition) is 2. The first-order valence-corrected chi connectivity index (χ1v) is 6.24. The Morgan fingerprint density at radius 1 is 1.44 bits per heavy atom. The summed E-state index contributed by atoms with van der Waals surface area (Å²) in [5.41, 5.74) is 5.88. The van der Waals surface area contributed by atoms with Gasteiger partial charge in [0.1, 0.15) is 5.82 Å². The van der Waals surface area contributed by atoms with Crippen molar-refractivity contribution in [3.63, 3.8) is 0 Å². The summed E-state index contributed by atoms with van der Waals surface area (Å²) >= 11 is 0. The van der Waals surface area contributed by atoms with Crippen molar-refractivity contribution in [1.29, 1.82) is 0 Å². The van der Waals surface area contributed by atoms with E-state index in [9.17, 15) is 4.79 Å². The number of nitrogens with one attached hydrogen (secondary N) is 1. The van der Waals surface area contributed by atoms with Crippen LogP contribution in [-0.4, -0.2) is 36.6 Å². The van der Waals surface area contributed by atoms with Gasteiger partial charge in [-0.25, -0.2) is 4.98 Å². The third kappa shape index (κ3) is 2.61. The van der Waals surface area contributed by atoms with Gasteiger partial charge in [0.15, 0.2) is 0 Å². The molecule has 5 nitrogen and oxygen atoms in total. The summed E-state index contributed by atoms with van der Waals surface area (Å²) in [6.07, 6.45) is 3.72. The van der Waals surface area contributed by atoms with E-state index < -0.39 is 5.91 Å². The molecule has 0 saturated carbocycles. The summed E-state index contributed by atoms with van der Waals surface area (Å²) in [5, 5.41) is 3.37. The second-order valence-corrected chi connectivity index (χ2v) is 5.07. The van der Waals surface area contributed by atoms with Gasteiger partial charge in [-0.2, -0.15) is 0 Å². The maximum Gasteiger partial charge on any atom is 0.250 e. The summed E-state index contributed by atoms with van der Waals surface area (Å²) in [5.74, 6) is 0.480. The summed E-state index contributed by atoms with van der Waals surface area (Å²) in [6, 6.07) is 3.60. The van der Waals surface area contributed by atoms with Crippen molar-refractivity contribution in [1.82, 2.24) is 10.3 Å². The molecular formula is C13H20N4O. The van der Waals surface area contributed by atoms with Crippen molar-refractivity contribution in [3.8, 4) is 0 Å². The number of nitrogens with two attached hydrogens (primary N) is 1. The molecule has 0 bridgehead atoms. The minimum absolute atomic E-state index is 0.226. The molecule has 2 heterocycles. The molecule has 0 radical (unpaired) electrons.